The summed E-state index contributed by atoms with van der Waals surface area (Å²) in [5, 5.41) is 9.60. The first-order valence-electron chi connectivity index (χ1n) is 20.1. The highest BCUT2D eigenvalue weighted by Gasteiger charge is 2.70. The van der Waals surface area contributed by atoms with Crippen LogP contribution in [0.2, 0.25) is 0 Å². The molecule has 5 saturated carbocycles. The van der Waals surface area contributed by atoms with Crippen LogP contribution in [-0.4, -0.2) is 52.8 Å². The van der Waals surface area contributed by atoms with E-state index in [-0.39, 0.29) is 51.4 Å². The lowest BCUT2D eigenvalue weighted by molar-refractivity contribution is -0.233. The Bertz CT molecular complexity index is 1450. The van der Waals surface area contributed by atoms with Crippen molar-refractivity contribution in [2.75, 3.05) is 13.1 Å². The number of carboxylic acid groups (broad SMARTS) is 1. The molecule has 8 atom stereocenters. The maximum absolute atomic E-state index is 14.0. The van der Waals surface area contributed by atoms with Gasteiger partial charge in [-0.25, -0.2) is 0 Å². The number of rotatable bonds is 10. The summed E-state index contributed by atoms with van der Waals surface area (Å²) in [7, 11) is 0. The van der Waals surface area contributed by atoms with Crippen LogP contribution in [0.4, 0.5) is 0 Å². The molecule has 0 saturated heterocycles. The van der Waals surface area contributed by atoms with Crippen molar-refractivity contribution in [1.29, 1.82) is 0 Å². The fourth-order valence-electron chi connectivity index (χ4n) is 13.2. The Kier molecular flexibility index (Phi) is 9.36. The fourth-order valence-corrected chi connectivity index (χ4v) is 13.2. The SMILES string of the molecule is CC(=O)N(CC[C@@]12CC[C@]3(C)[C@H](CCC4[C@@]5(C)CC[C@H](OC(=O)CC(C)(C)C(=O)O)C(C)(C)C5CC[C@]43C)C1=C(C(C)C)C(=O)C2)CC1CC1. The third-order valence-corrected chi connectivity index (χ3v) is 16.4. The molecular formula is C43H67NO6. The first-order valence-corrected chi connectivity index (χ1v) is 20.1. The predicted molar refractivity (Wildman–Crippen MR) is 195 cm³/mol. The average Bonchev–Trinajstić information content (AvgIpc) is 3.77. The van der Waals surface area contributed by atoms with Gasteiger partial charge in [0, 0.05) is 37.3 Å². The summed E-state index contributed by atoms with van der Waals surface area (Å²) in [5.41, 5.74) is 1.43. The molecule has 0 spiro atoms. The number of Topliss-reactive ketones (excluding diaryl/α,β-unsaturated/α-hetero) is 1. The molecule has 0 aromatic rings. The molecule has 0 heterocycles. The van der Waals surface area contributed by atoms with E-state index in [0.29, 0.717) is 35.9 Å². The van der Waals surface area contributed by atoms with Crippen LogP contribution < -0.4 is 0 Å². The van der Waals surface area contributed by atoms with Crippen LogP contribution in [0.15, 0.2) is 11.1 Å². The molecule has 50 heavy (non-hydrogen) atoms. The van der Waals surface area contributed by atoms with Gasteiger partial charge in [-0.2, -0.15) is 0 Å². The van der Waals surface area contributed by atoms with E-state index in [1.54, 1.807) is 20.8 Å². The Hall–Kier alpha value is -2.18. The van der Waals surface area contributed by atoms with Gasteiger partial charge in [-0.3, -0.25) is 19.2 Å². The molecule has 1 N–H and O–H groups in total. The number of aliphatic carboxylic acids is 1. The fraction of sp³-hybridized carbons (Fsp3) is 0.860. The van der Waals surface area contributed by atoms with E-state index < -0.39 is 17.4 Å². The number of esters is 1. The number of nitrogens with zero attached hydrogens (tertiary/aromatic N) is 1. The van der Waals surface area contributed by atoms with Crippen LogP contribution in [0.25, 0.3) is 0 Å². The van der Waals surface area contributed by atoms with Gasteiger partial charge in [0.2, 0.25) is 5.91 Å². The van der Waals surface area contributed by atoms with Gasteiger partial charge in [-0.15, -0.1) is 0 Å². The normalized spacial score (nSPS) is 39.3. The van der Waals surface area contributed by atoms with Gasteiger partial charge in [0.05, 0.1) is 11.8 Å². The number of ketones is 1. The van der Waals surface area contributed by atoms with Crippen LogP contribution in [0.3, 0.4) is 0 Å². The molecule has 0 radical (unpaired) electrons. The van der Waals surface area contributed by atoms with Gasteiger partial charge >= 0.3 is 11.9 Å². The maximum atomic E-state index is 14.0. The van der Waals surface area contributed by atoms with Crippen molar-refractivity contribution in [3.8, 4) is 0 Å². The Balaban J connectivity index is 1.27. The molecule has 0 bridgehead atoms. The molecule has 0 aliphatic heterocycles. The van der Waals surface area contributed by atoms with Crippen molar-refractivity contribution in [2.24, 2.45) is 62.1 Å². The van der Waals surface area contributed by atoms with Crippen LogP contribution >= 0.6 is 0 Å². The lowest BCUT2D eigenvalue weighted by atomic mass is 9.33. The molecule has 6 aliphatic carbocycles. The second-order valence-electron chi connectivity index (χ2n) is 20.3. The molecule has 1 amide bonds. The molecular weight excluding hydrogens is 626 g/mol. The van der Waals surface area contributed by atoms with Crippen molar-refractivity contribution >= 4 is 23.6 Å². The molecule has 2 unspecified atom stereocenters. The highest BCUT2D eigenvalue weighted by Crippen LogP contribution is 2.77. The summed E-state index contributed by atoms with van der Waals surface area (Å²) in [5.74, 6) is 1.33. The molecule has 6 aliphatic rings. The quantitative estimate of drug-likeness (QED) is 0.229. The second-order valence-corrected chi connectivity index (χ2v) is 20.3. The van der Waals surface area contributed by atoms with Gasteiger partial charge in [0.1, 0.15) is 6.10 Å². The zero-order valence-corrected chi connectivity index (χ0v) is 33.0. The molecule has 280 valence electrons. The van der Waals surface area contributed by atoms with E-state index in [2.05, 4.69) is 53.4 Å². The molecule has 7 heteroatoms. The third kappa shape index (κ3) is 5.81. The summed E-state index contributed by atoms with van der Waals surface area (Å²) in [6.45, 7) is 23.3. The van der Waals surface area contributed by atoms with Crippen LogP contribution in [-0.2, 0) is 23.9 Å². The summed E-state index contributed by atoms with van der Waals surface area (Å²) >= 11 is 0. The Labute approximate surface area is 302 Å². The van der Waals surface area contributed by atoms with Crippen molar-refractivity contribution in [3.63, 3.8) is 0 Å². The maximum Gasteiger partial charge on any atom is 0.309 e. The van der Waals surface area contributed by atoms with Crippen LogP contribution in [0.5, 0.6) is 0 Å². The number of allylic oxidation sites excluding steroid dienone is 2. The third-order valence-electron chi connectivity index (χ3n) is 16.4. The number of carboxylic acids is 1. The second kappa shape index (κ2) is 12.5. The van der Waals surface area contributed by atoms with Gasteiger partial charge in [0.25, 0.3) is 0 Å². The summed E-state index contributed by atoms with van der Waals surface area (Å²) in [6.07, 6.45) is 12.1. The predicted octanol–water partition coefficient (Wildman–Crippen LogP) is 9.03. The minimum atomic E-state index is -1.15. The van der Waals surface area contributed by atoms with Crippen LogP contribution in [0, 0.1) is 62.1 Å². The van der Waals surface area contributed by atoms with E-state index in [1.807, 2.05) is 0 Å². The van der Waals surface area contributed by atoms with Crippen LogP contribution in [0.1, 0.15) is 153 Å². The zero-order valence-electron chi connectivity index (χ0n) is 33.0. The van der Waals surface area contributed by atoms with Crippen molar-refractivity contribution in [3.05, 3.63) is 11.1 Å². The van der Waals surface area contributed by atoms with Gasteiger partial charge in [-0.05, 0) is 136 Å². The number of fused-ring (bicyclic) bond motifs is 7. The van der Waals surface area contributed by atoms with Crippen molar-refractivity contribution in [1.82, 2.24) is 4.90 Å². The average molecular weight is 694 g/mol. The largest absolute Gasteiger partial charge is 0.481 e. The van der Waals surface area contributed by atoms with Crippen molar-refractivity contribution < 1.29 is 29.0 Å². The Morgan fingerprint density at radius 1 is 0.900 bits per heavy atom. The summed E-state index contributed by atoms with van der Waals surface area (Å²) in [6, 6.07) is 0. The summed E-state index contributed by atoms with van der Waals surface area (Å²) < 4.78 is 6.17. The zero-order chi connectivity index (χ0) is 36.8. The molecule has 5 fully saturated rings. The highest BCUT2D eigenvalue weighted by molar-refractivity contribution is 6.00. The van der Waals surface area contributed by atoms with Gasteiger partial charge in [0.15, 0.2) is 5.78 Å². The molecule has 0 aromatic carbocycles. The monoisotopic (exact) mass is 693 g/mol. The van der Waals surface area contributed by atoms with Crippen molar-refractivity contribution in [2.45, 2.75) is 159 Å². The van der Waals surface area contributed by atoms with E-state index in [1.165, 1.54) is 18.4 Å². The smallest absolute Gasteiger partial charge is 0.309 e. The van der Waals surface area contributed by atoms with E-state index in [0.717, 1.165) is 76.5 Å². The number of carbonyl (C=O) groups excluding carboxylic acids is 3. The number of amides is 1. The molecule has 0 aromatic heterocycles. The van der Waals surface area contributed by atoms with E-state index >= 15 is 0 Å². The highest BCUT2D eigenvalue weighted by atomic mass is 16.5. The van der Waals surface area contributed by atoms with E-state index in [9.17, 15) is 24.3 Å². The Morgan fingerprint density at radius 2 is 1.58 bits per heavy atom. The first kappa shape index (κ1) is 37.6. The summed E-state index contributed by atoms with van der Waals surface area (Å²) in [4.78, 5) is 53.6. The van der Waals surface area contributed by atoms with E-state index in [4.69, 9.17) is 4.74 Å². The number of hydrogen-bond donors (Lipinski definition) is 1. The first-order chi connectivity index (χ1) is 23.1. The van der Waals surface area contributed by atoms with Gasteiger partial charge in [-0.1, -0.05) is 54.0 Å². The number of carbonyl (C=O) groups is 4. The molecule has 7 nitrogen and oxygen atoms in total. The van der Waals surface area contributed by atoms with Gasteiger partial charge < -0.3 is 14.7 Å². The topological polar surface area (TPSA) is 101 Å². The number of hydrogen-bond acceptors (Lipinski definition) is 5. The minimum Gasteiger partial charge on any atom is -0.481 e. The lowest BCUT2D eigenvalue weighted by Gasteiger charge is -2.72. The Morgan fingerprint density at radius 3 is 2.18 bits per heavy atom. The standard InChI is InChI=1S/C43H67NO6/c1-26(2)35-30(46)23-43(21-22-44(27(3)45)25-28-11-12-28)20-19-41(9)29(36(35)43)13-14-32-40(8)17-16-33(50-34(47)24-38(4,5)37(48)49)39(6,7)31(40)15-18-42(32,41)10/h26,28-29,31-33H,11-25H2,1-10H3,(H,48,49)/t29-,31?,32?,33+,40+,41-,42-,43-/m1/s1. The minimum absolute atomic E-state index is 0.0810. The lowest BCUT2D eigenvalue weighted by Crippen LogP contribution is -2.65. The molecule has 6 rings (SSSR count). The number of ether oxygens (including phenoxy) is 1.